The monoisotopic (exact) mass is 325 g/mol. The maximum atomic E-state index is 12.3. The first-order chi connectivity index (χ1) is 9.97. The van der Waals surface area contributed by atoms with Gasteiger partial charge in [0.05, 0.1) is 17.5 Å². The Labute approximate surface area is 135 Å². The van der Waals surface area contributed by atoms with Gasteiger partial charge >= 0.3 is 0 Å². The van der Waals surface area contributed by atoms with Gasteiger partial charge in [0, 0.05) is 31.2 Å². The molecule has 21 heavy (non-hydrogen) atoms. The second-order valence-corrected chi connectivity index (χ2v) is 6.21. The number of carbonyl (C=O) groups is 1. The van der Waals surface area contributed by atoms with Crippen LogP contribution in [0.1, 0.15) is 12.5 Å². The minimum absolute atomic E-state index is 0.0912. The summed E-state index contributed by atoms with van der Waals surface area (Å²) in [5, 5.41) is 0.687. The quantitative estimate of drug-likeness (QED) is 0.856. The number of rotatable bonds is 4. The molecule has 1 saturated heterocycles. The van der Waals surface area contributed by atoms with E-state index in [0.29, 0.717) is 16.4 Å². The lowest BCUT2D eigenvalue weighted by atomic mass is 10.1. The molecule has 4 nitrogen and oxygen atoms in total. The van der Waals surface area contributed by atoms with E-state index in [0.717, 1.165) is 31.7 Å². The lowest BCUT2D eigenvalue weighted by molar-refractivity contribution is -0.132. The van der Waals surface area contributed by atoms with Crippen molar-refractivity contribution in [2.45, 2.75) is 19.4 Å². The van der Waals surface area contributed by atoms with Crippen molar-refractivity contribution in [2.24, 2.45) is 5.73 Å². The average Bonchev–Trinajstić information content (AvgIpc) is 2.49. The van der Waals surface area contributed by atoms with E-state index < -0.39 is 0 Å². The Morgan fingerprint density at radius 2 is 1.86 bits per heavy atom. The van der Waals surface area contributed by atoms with E-state index in [9.17, 15) is 4.79 Å². The van der Waals surface area contributed by atoms with Gasteiger partial charge in [0.2, 0.25) is 5.91 Å². The number of hydrogen-bond acceptors (Lipinski definition) is 3. The highest BCUT2D eigenvalue weighted by Gasteiger charge is 2.24. The summed E-state index contributed by atoms with van der Waals surface area (Å²) in [5.74, 6) is 0.153. The van der Waals surface area contributed by atoms with Crippen LogP contribution in [0.5, 0.6) is 0 Å². The Morgan fingerprint density at radius 3 is 2.38 bits per heavy atom. The van der Waals surface area contributed by atoms with E-state index in [1.807, 2.05) is 36.1 Å². The topological polar surface area (TPSA) is 49.6 Å². The maximum absolute atomic E-state index is 12.3. The number of piperazine rings is 1. The molecule has 2 N–H and O–H groups in total. The molecule has 0 saturated carbocycles. The summed E-state index contributed by atoms with van der Waals surface area (Å²) in [5.41, 5.74) is 6.66. The summed E-state index contributed by atoms with van der Waals surface area (Å²) >= 11 is 10.9. The third-order valence-electron chi connectivity index (χ3n) is 3.90. The fourth-order valence-corrected chi connectivity index (χ4v) is 2.70. The molecule has 1 heterocycles. The Morgan fingerprint density at radius 1 is 1.29 bits per heavy atom. The molecule has 1 aliphatic heterocycles. The number of nitrogens with two attached hydrogens (primary N) is 1. The molecule has 1 amide bonds. The van der Waals surface area contributed by atoms with Crippen LogP contribution in [0.15, 0.2) is 24.3 Å². The predicted octanol–water partition coefficient (Wildman–Crippen LogP) is 1.70. The van der Waals surface area contributed by atoms with Crippen LogP contribution in [0.3, 0.4) is 0 Å². The van der Waals surface area contributed by atoms with Crippen LogP contribution < -0.4 is 5.73 Å². The summed E-state index contributed by atoms with van der Waals surface area (Å²) < 4.78 is 0. The van der Waals surface area contributed by atoms with Gasteiger partial charge in [0.1, 0.15) is 0 Å². The van der Waals surface area contributed by atoms with Crippen molar-refractivity contribution in [1.29, 1.82) is 0 Å². The van der Waals surface area contributed by atoms with Crippen LogP contribution in [0.4, 0.5) is 0 Å². The molecule has 0 radical (unpaired) electrons. The highest BCUT2D eigenvalue weighted by Crippen LogP contribution is 2.12. The zero-order chi connectivity index (χ0) is 15.4. The molecule has 6 heteroatoms. The average molecular weight is 326 g/mol. The molecular weight excluding hydrogens is 306 g/mol. The first-order valence-corrected chi connectivity index (χ1v) is 7.81. The molecule has 1 aromatic rings. The van der Waals surface area contributed by atoms with Gasteiger partial charge in [0.25, 0.3) is 0 Å². The number of thiocarbonyl (C=S) groups is 1. The standard InChI is InChI=1S/C15H20ClN3OS/c1-11(15(17)21)18-6-8-19(9-7-18)14(20)10-12-2-4-13(16)5-3-12/h2-5,11H,6-10H2,1H3,(H2,17,21). The van der Waals surface area contributed by atoms with Crippen molar-refractivity contribution < 1.29 is 4.79 Å². The van der Waals surface area contributed by atoms with Crippen LogP contribution in [0, 0.1) is 0 Å². The fraction of sp³-hybridized carbons (Fsp3) is 0.467. The SMILES string of the molecule is CC(C(N)=S)N1CCN(C(=O)Cc2ccc(Cl)cc2)CC1. The van der Waals surface area contributed by atoms with Gasteiger partial charge in [-0.1, -0.05) is 36.0 Å². The summed E-state index contributed by atoms with van der Waals surface area (Å²) in [7, 11) is 0. The third-order valence-corrected chi connectivity index (χ3v) is 4.49. The second-order valence-electron chi connectivity index (χ2n) is 5.30. The molecule has 0 aromatic heterocycles. The van der Waals surface area contributed by atoms with E-state index in [-0.39, 0.29) is 11.9 Å². The highest BCUT2D eigenvalue weighted by molar-refractivity contribution is 7.80. The van der Waals surface area contributed by atoms with Crippen LogP contribution in [0.2, 0.25) is 5.02 Å². The van der Waals surface area contributed by atoms with Crippen LogP contribution in [-0.2, 0) is 11.2 Å². The maximum Gasteiger partial charge on any atom is 0.227 e. The summed E-state index contributed by atoms with van der Waals surface area (Å²) in [6.45, 7) is 5.07. The summed E-state index contributed by atoms with van der Waals surface area (Å²) in [4.78, 5) is 16.9. The van der Waals surface area contributed by atoms with Crippen molar-refractivity contribution in [2.75, 3.05) is 26.2 Å². The minimum Gasteiger partial charge on any atom is -0.392 e. The highest BCUT2D eigenvalue weighted by atomic mass is 35.5. The Hall–Kier alpha value is -1.17. The van der Waals surface area contributed by atoms with E-state index in [1.165, 1.54) is 0 Å². The molecule has 1 aliphatic rings. The number of carbonyl (C=O) groups excluding carboxylic acids is 1. The molecule has 1 aromatic carbocycles. The summed E-state index contributed by atoms with van der Waals surface area (Å²) in [6, 6.07) is 7.50. The molecule has 1 unspecified atom stereocenters. The molecule has 1 atom stereocenters. The van der Waals surface area contributed by atoms with Crippen molar-refractivity contribution in [3.8, 4) is 0 Å². The number of amides is 1. The molecule has 114 valence electrons. The van der Waals surface area contributed by atoms with Crippen LogP contribution in [-0.4, -0.2) is 52.9 Å². The van der Waals surface area contributed by atoms with Crippen molar-refractivity contribution >= 4 is 34.7 Å². The van der Waals surface area contributed by atoms with Gasteiger partial charge in [0.15, 0.2) is 0 Å². The first kappa shape index (κ1) is 16.2. The number of benzene rings is 1. The van der Waals surface area contributed by atoms with Crippen LogP contribution in [0.25, 0.3) is 0 Å². The number of halogens is 1. The Kier molecular flexibility index (Phi) is 5.56. The zero-order valence-electron chi connectivity index (χ0n) is 12.1. The van der Waals surface area contributed by atoms with Crippen LogP contribution >= 0.6 is 23.8 Å². The molecule has 0 bridgehead atoms. The Balaban J connectivity index is 1.85. The van der Waals surface area contributed by atoms with Crippen molar-refractivity contribution in [3.63, 3.8) is 0 Å². The van der Waals surface area contributed by atoms with E-state index in [2.05, 4.69) is 4.90 Å². The minimum atomic E-state index is 0.0912. The normalized spacial score (nSPS) is 17.5. The smallest absolute Gasteiger partial charge is 0.227 e. The van der Waals surface area contributed by atoms with Gasteiger partial charge in [-0.2, -0.15) is 0 Å². The van der Waals surface area contributed by atoms with E-state index >= 15 is 0 Å². The fourth-order valence-electron chi connectivity index (χ4n) is 2.43. The second kappa shape index (κ2) is 7.20. The van der Waals surface area contributed by atoms with E-state index in [1.54, 1.807) is 0 Å². The summed E-state index contributed by atoms with van der Waals surface area (Å²) in [6.07, 6.45) is 0.419. The van der Waals surface area contributed by atoms with Gasteiger partial charge in [-0.05, 0) is 24.6 Å². The largest absolute Gasteiger partial charge is 0.392 e. The molecule has 0 aliphatic carbocycles. The Bertz CT molecular complexity index is 512. The van der Waals surface area contributed by atoms with E-state index in [4.69, 9.17) is 29.6 Å². The lowest BCUT2D eigenvalue weighted by Crippen LogP contribution is -2.54. The van der Waals surface area contributed by atoms with Gasteiger partial charge in [-0.25, -0.2) is 0 Å². The lowest BCUT2D eigenvalue weighted by Gasteiger charge is -2.37. The molecule has 0 spiro atoms. The number of hydrogen-bond donors (Lipinski definition) is 1. The van der Waals surface area contributed by atoms with Gasteiger partial charge < -0.3 is 10.6 Å². The van der Waals surface area contributed by atoms with Gasteiger partial charge in [-0.3, -0.25) is 9.69 Å². The van der Waals surface area contributed by atoms with Crippen molar-refractivity contribution in [1.82, 2.24) is 9.80 Å². The third kappa shape index (κ3) is 4.40. The zero-order valence-corrected chi connectivity index (χ0v) is 13.7. The predicted molar refractivity (Wildman–Crippen MR) is 89.6 cm³/mol. The molecule has 2 rings (SSSR count). The number of nitrogens with zero attached hydrogens (tertiary/aromatic N) is 2. The first-order valence-electron chi connectivity index (χ1n) is 7.03. The molecule has 1 fully saturated rings. The van der Waals surface area contributed by atoms with Crippen molar-refractivity contribution in [3.05, 3.63) is 34.9 Å². The molecular formula is C15H20ClN3OS. The van der Waals surface area contributed by atoms with Gasteiger partial charge in [-0.15, -0.1) is 0 Å².